The van der Waals surface area contributed by atoms with Crippen molar-refractivity contribution in [1.82, 2.24) is 0 Å². The van der Waals surface area contributed by atoms with Crippen molar-refractivity contribution in [3.8, 4) is 0 Å². The Morgan fingerprint density at radius 2 is 2.50 bits per heavy atom. The standard InChI is InChI=1S/C9H11N/c1-7-3-2-4-8-5-10-6-9(7)8/h2-4,6-7,9H,5H2,1H3. The summed E-state index contributed by atoms with van der Waals surface area (Å²) in [5, 5.41) is 0. The van der Waals surface area contributed by atoms with Gasteiger partial charge in [-0.05, 0) is 11.5 Å². The van der Waals surface area contributed by atoms with Gasteiger partial charge in [0.15, 0.2) is 0 Å². The normalized spacial score (nSPS) is 35.9. The van der Waals surface area contributed by atoms with Crippen molar-refractivity contribution in [3.05, 3.63) is 23.8 Å². The van der Waals surface area contributed by atoms with E-state index >= 15 is 0 Å². The third kappa shape index (κ3) is 0.737. The minimum absolute atomic E-state index is 0.616. The van der Waals surface area contributed by atoms with E-state index in [9.17, 15) is 0 Å². The molecule has 0 aromatic heterocycles. The Balaban J connectivity index is 2.31. The fourth-order valence-electron chi connectivity index (χ4n) is 1.58. The summed E-state index contributed by atoms with van der Waals surface area (Å²) in [4.78, 5) is 4.24. The zero-order valence-electron chi connectivity index (χ0n) is 6.12. The van der Waals surface area contributed by atoms with Crippen LogP contribution in [0.25, 0.3) is 0 Å². The SMILES string of the molecule is CC1C=CC=C2CN=CC21. The number of aliphatic imine (C=N–C) groups is 1. The smallest absolute Gasteiger partial charge is 0.0605 e. The second kappa shape index (κ2) is 2.08. The van der Waals surface area contributed by atoms with Gasteiger partial charge in [-0.3, -0.25) is 4.99 Å². The van der Waals surface area contributed by atoms with E-state index in [1.165, 1.54) is 5.57 Å². The summed E-state index contributed by atoms with van der Waals surface area (Å²) in [6.07, 6.45) is 8.66. The quantitative estimate of drug-likeness (QED) is 0.478. The summed E-state index contributed by atoms with van der Waals surface area (Å²) >= 11 is 0. The summed E-state index contributed by atoms with van der Waals surface area (Å²) in [6, 6.07) is 0. The Morgan fingerprint density at radius 1 is 1.60 bits per heavy atom. The molecule has 1 heterocycles. The first-order chi connectivity index (χ1) is 4.88. The summed E-state index contributed by atoms with van der Waals surface area (Å²) in [7, 11) is 0. The molecule has 0 amide bonds. The largest absolute Gasteiger partial charge is 0.292 e. The number of hydrogen-bond donors (Lipinski definition) is 0. The second-order valence-electron chi connectivity index (χ2n) is 3.00. The van der Waals surface area contributed by atoms with Crippen LogP contribution in [0.1, 0.15) is 6.92 Å². The van der Waals surface area contributed by atoms with Crippen molar-refractivity contribution >= 4 is 6.21 Å². The van der Waals surface area contributed by atoms with Gasteiger partial charge in [-0.15, -0.1) is 0 Å². The molecule has 1 aliphatic carbocycles. The van der Waals surface area contributed by atoms with Crippen LogP contribution in [0.15, 0.2) is 28.8 Å². The molecule has 1 aliphatic heterocycles. The molecule has 2 atom stereocenters. The summed E-state index contributed by atoms with van der Waals surface area (Å²) in [5.41, 5.74) is 1.48. The summed E-state index contributed by atoms with van der Waals surface area (Å²) < 4.78 is 0. The Labute approximate surface area is 61.2 Å². The monoisotopic (exact) mass is 133 g/mol. The number of hydrogen-bond acceptors (Lipinski definition) is 1. The highest BCUT2D eigenvalue weighted by Gasteiger charge is 2.22. The van der Waals surface area contributed by atoms with E-state index in [1.54, 1.807) is 0 Å². The van der Waals surface area contributed by atoms with Crippen LogP contribution in [0, 0.1) is 11.8 Å². The highest BCUT2D eigenvalue weighted by molar-refractivity contribution is 5.70. The van der Waals surface area contributed by atoms with E-state index in [0.717, 1.165) is 6.54 Å². The van der Waals surface area contributed by atoms with Crippen molar-refractivity contribution in [1.29, 1.82) is 0 Å². The van der Waals surface area contributed by atoms with Gasteiger partial charge in [0, 0.05) is 12.1 Å². The minimum Gasteiger partial charge on any atom is -0.292 e. The van der Waals surface area contributed by atoms with Crippen LogP contribution in [-0.2, 0) is 0 Å². The lowest BCUT2D eigenvalue weighted by molar-refractivity contribution is 0.624. The molecule has 10 heavy (non-hydrogen) atoms. The maximum atomic E-state index is 4.24. The fraction of sp³-hybridized carbons (Fsp3) is 0.444. The molecular weight excluding hydrogens is 122 g/mol. The Hall–Kier alpha value is -0.850. The predicted molar refractivity (Wildman–Crippen MR) is 43.2 cm³/mol. The zero-order chi connectivity index (χ0) is 6.97. The van der Waals surface area contributed by atoms with Crippen molar-refractivity contribution in [2.45, 2.75) is 6.92 Å². The van der Waals surface area contributed by atoms with Crippen LogP contribution in [0.3, 0.4) is 0 Å². The van der Waals surface area contributed by atoms with Crippen molar-refractivity contribution in [2.24, 2.45) is 16.8 Å². The minimum atomic E-state index is 0.616. The number of rotatable bonds is 0. The average molecular weight is 133 g/mol. The molecule has 2 aliphatic rings. The highest BCUT2D eigenvalue weighted by atomic mass is 14.8. The molecule has 2 rings (SSSR count). The molecule has 0 bridgehead atoms. The molecule has 0 fully saturated rings. The summed E-state index contributed by atoms with van der Waals surface area (Å²) in [6.45, 7) is 3.17. The number of fused-ring (bicyclic) bond motifs is 1. The van der Waals surface area contributed by atoms with Crippen molar-refractivity contribution in [2.75, 3.05) is 6.54 Å². The number of allylic oxidation sites excluding steroid dienone is 3. The average Bonchev–Trinajstić information content (AvgIpc) is 2.36. The van der Waals surface area contributed by atoms with Gasteiger partial charge in [-0.2, -0.15) is 0 Å². The van der Waals surface area contributed by atoms with Gasteiger partial charge in [0.2, 0.25) is 0 Å². The van der Waals surface area contributed by atoms with Gasteiger partial charge < -0.3 is 0 Å². The molecular formula is C9H11N. The van der Waals surface area contributed by atoms with Crippen LogP contribution in [0.2, 0.25) is 0 Å². The molecule has 0 N–H and O–H groups in total. The Bertz CT molecular complexity index is 223. The van der Waals surface area contributed by atoms with Crippen molar-refractivity contribution < 1.29 is 0 Å². The molecule has 2 unspecified atom stereocenters. The maximum absolute atomic E-state index is 4.24. The van der Waals surface area contributed by atoms with E-state index < -0.39 is 0 Å². The van der Waals surface area contributed by atoms with Gasteiger partial charge in [-0.25, -0.2) is 0 Å². The van der Waals surface area contributed by atoms with Gasteiger partial charge in [0.1, 0.15) is 0 Å². The lowest BCUT2D eigenvalue weighted by atomic mass is 9.86. The van der Waals surface area contributed by atoms with E-state index in [2.05, 4.69) is 36.4 Å². The predicted octanol–water partition coefficient (Wildman–Crippen LogP) is 1.82. The van der Waals surface area contributed by atoms with Gasteiger partial charge >= 0.3 is 0 Å². The molecule has 0 saturated heterocycles. The first-order valence-corrected chi connectivity index (χ1v) is 3.75. The molecule has 0 aromatic carbocycles. The van der Waals surface area contributed by atoms with Gasteiger partial charge in [0.05, 0.1) is 6.54 Å². The molecule has 52 valence electrons. The van der Waals surface area contributed by atoms with Crippen LogP contribution in [0.4, 0.5) is 0 Å². The van der Waals surface area contributed by atoms with E-state index in [-0.39, 0.29) is 0 Å². The third-order valence-corrected chi connectivity index (χ3v) is 2.26. The second-order valence-corrected chi connectivity index (χ2v) is 3.00. The summed E-state index contributed by atoms with van der Waals surface area (Å²) in [5.74, 6) is 1.27. The zero-order valence-corrected chi connectivity index (χ0v) is 6.12. The van der Waals surface area contributed by atoms with E-state index in [0.29, 0.717) is 11.8 Å². The van der Waals surface area contributed by atoms with E-state index in [1.807, 2.05) is 0 Å². The molecule has 1 nitrogen and oxygen atoms in total. The molecule has 0 radical (unpaired) electrons. The number of nitrogens with zero attached hydrogens (tertiary/aromatic N) is 1. The highest BCUT2D eigenvalue weighted by Crippen LogP contribution is 2.27. The van der Waals surface area contributed by atoms with E-state index in [4.69, 9.17) is 0 Å². The first-order valence-electron chi connectivity index (χ1n) is 3.75. The lowest BCUT2D eigenvalue weighted by Crippen LogP contribution is -2.13. The molecule has 1 heteroatoms. The Morgan fingerprint density at radius 3 is 3.30 bits per heavy atom. The van der Waals surface area contributed by atoms with Crippen LogP contribution in [-0.4, -0.2) is 12.8 Å². The Kier molecular flexibility index (Phi) is 1.23. The van der Waals surface area contributed by atoms with Gasteiger partial charge in [0.25, 0.3) is 0 Å². The third-order valence-electron chi connectivity index (χ3n) is 2.26. The topological polar surface area (TPSA) is 12.4 Å². The lowest BCUT2D eigenvalue weighted by Gasteiger charge is -2.17. The molecule has 0 aromatic rings. The van der Waals surface area contributed by atoms with Gasteiger partial charge in [-0.1, -0.05) is 25.2 Å². The van der Waals surface area contributed by atoms with Crippen molar-refractivity contribution in [3.63, 3.8) is 0 Å². The molecule has 0 spiro atoms. The first kappa shape index (κ1) is 5.90. The molecule has 0 saturated carbocycles. The van der Waals surface area contributed by atoms with Crippen LogP contribution < -0.4 is 0 Å². The fourth-order valence-corrected chi connectivity index (χ4v) is 1.58. The maximum Gasteiger partial charge on any atom is 0.0605 e. The van der Waals surface area contributed by atoms with Crippen LogP contribution in [0.5, 0.6) is 0 Å². The van der Waals surface area contributed by atoms with Crippen LogP contribution >= 0.6 is 0 Å².